The van der Waals surface area contributed by atoms with E-state index >= 15 is 0 Å². The summed E-state index contributed by atoms with van der Waals surface area (Å²) in [6.07, 6.45) is -12.2. The third-order valence-corrected chi connectivity index (χ3v) is 4.06. The van der Waals surface area contributed by atoms with Gasteiger partial charge in [-0.1, -0.05) is 30.3 Å². The number of hydrogen-bond donors (Lipinski definition) is 2. The molecule has 0 radical (unpaired) electrons. The minimum absolute atomic E-state index is 0.108. The molecule has 0 saturated carbocycles. The molecule has 0 heterocycles. The number of amides is 1. The van der Waals surface area contributed by atoms with Gasteiger partial charge < -0.3 is 9.84 Å². The van der Waals surface area contributed by atoms with Gasteiger partial charge in [-0.3, -0.25) is 9.63 Å². The van der Waals surface area contributed by atoms with Crippen LogP contribution in [0.3, 0.4) is 0 Å². The van der Waals surface area contributed by atoms with Crippen molar-refractivity contribution in [2.24, 2.45) is 0 Å². The molecule has 2 rings (SSSR count). The van der Waals surface area contributed by atoms with E-state index in [0.717, 1.165) is 5.56 Å². The van der Waals surface area contributed by atoms with Crippen molar-refractivity contribution in [3.63, 3.8) is 0 Å². The SMILES string of the molecule is O=C(NO[C@H](CCOCc1ccccc1)C(=O)O)c1cc(C(F)(F)F)cc(C(F)(F)F)c1. The molecule has 32 heavy (non-hydrogen) atoms. The number of ether oxygens (including phenoxy) is 1. The number of carbonyl (C=O) groups excluding carboxylic acids is 1. The predicted molar refractivity (Wildman–Crippen MR) is 97.1 cm³/mol. The average molecular weight is 465 g/mol. The lowest BCUT2D eigenvalue weighted by Gasteiger charge is -2.16. The van der Waals surface area contributed by atoms with Gasteiger partial charge in [0, 0.05) is 12.0 Å². The average Bonchev–Trinajstić information content (AvgIpc) is 2.71. The Morgan fingerprint density at radius 2 is 1.50 bits per heavy atom. The van der Waals surface area contributed by atoms with Crippen molar-refractivity contribution in [3.8, 4) is 0 Å². The van der Waals surface area contributed by atoms with Crippen LogP contribution in [0.5, 0.6) is 0 Å². The van der Waals surface area contributed by atoms with E-state index in [2.05, 4.69) is 4.84 Å². The van der Waals surface area contributed by atoms with Crippen LogP contribution in [0.4, 0.5) is 26.3 Å². The molecule has 0 aromatic heterocycles. The summed E-state index contributed by atoms with van der Waals surface area (Å²) in [4.78, 5) is 28.0. The number of carbonyl (C=O) groups is 2. The van der Waals surface area contributed by atoms with Crippen molar-refractivity contribution in [1.29, 1.82) is 0 Å². The predicted octanol–water partition coefficient (Wildman–Crippen LogP) is 4.45. The van der Waals surface area contributed by atoms with Crippen LogP contribution >= 0.6 is 0 Å². The smallest absolute Gasteiger partial charge is 0.416 e. The molecule has 1 atom stereocenters. The van der Waals surface area contributed by atoms with Crippen molar-refractivity contribution >= 4 is 11.9 Å². The van der Waals surface area contributed by atoms with Crippen LogP contribution in [0.1, 0.15) is 33.5 Å². The standard InChI is InChI=1S/C20H17F6NO5/c21-19(22,23)14-8-13(9-15(10-14)20(24,25)26)17(28)27-32-16(18(29)30)6-7-31-11-12-4-2-1-3-5-12/h1-5,8-10,16H,6-7,11H2,(H,27,28)(H,29,30)/t16-/m1/s1. The number of carboxylic acids is 1. The van der Waals surface area contributed by atoms with Crippen LogP contribution in [-0.2, 0) is 33.3 Å². The third-order valence-electron chi connectivity index (χ3n) is 4.06. The van der Waals surface area contributed by atoms with E-state index in [9.17, 15) is 35.9 Å². The van der Waals surface area contributed by atoms with Gasteiger partial charge in [-0.2, -0.15) is 26.3 Å². The number of carboxylic acid groups (broad SMARTS) is 1. The zero-order valence-corrected chi connectivity index (χ0v) is 16.2. The van der Waals surface area contributed by atoms with Crippen molar-refractivity contribution in [1.82, 2.24) is 5.48 Å². The molecule has 2 aromatic carbocycles. The second-order valence-corrected chi connectivity index (χ2v) is 6.50. The van der Waals surface area contributed by atoms with E-state index in [1.165, 1.54) is 0 Å². The van der Waals surface area contributed by atoms with Gasteiger partial charge in [-0.25, -0.2) is 10.3 Å². The highest BCUT2D eigenvalue weighted by Crippen LogP contribution is 2.36. The Morgan fingerprint density at radius 1 is 0.938 bits per heavy atom. The quantitative estimate of drug-likeness (QED) is 0.325. The molecule has 12 heteroatoms. The van der Waals surface area contributed by atoms with E-state index in [4.69, 9.17) is 9.84 Å². The van der Waals surface area contributed by atoms with E-state index in [-0.39, 0.29) is 37.8 Å². The first-order valence-electron chi connectivity index (χ1n) is 8.98. The Labute approximate surface area is 177 Å². The maximum Gasteiger partial charge on any atom is 0.416 e. The number of benzene rings is 2. The largest absolute Gasteiger partial charge is 0.479 e. The number of nitrogens with one attached hydrogen (secondary N) is 1. The van der Waals surface area contributed by atoms with Crippen molar-refractivity contribution in [2.75, 3.05) is 6.61 Å². The van der Waals surface area contributed by atoms with Gasteiger partial charge in [0.05, 0.1) is 24.3 Å². The molecule has 174 valence electrons. The maximum atomic E-state index is 12.9. The molecule has 0 aliphatic heterocycles. The summed E-state index contributed by atoms with van der Waals surface area (Å²) in [6.45, 7) is 0.0630. The van der Waals surface area contributed by atoms with Crippen LogP contribution in [0, 0.1) is 0 Å². The highest BCUT2D eigenvalue weighted by atomic mass is 19.4. The molecule has 0 bridgehead atoms. The lowest BCUT2D eigenvalue weighted by molar-refractivity contribution is -0.155. The number of halogens is 6. The summed E-state index contributed by atoms with van der Waals surface area (Å²) in [5.74, 6) is -2.99. The molecule has 0 saturated heterocycles. The highest BCUT2D eigenvalue weighted by molar-refractivity contribution is 5.94. The van der Waals surface area contributed by atoms with Gasteiger partial charge in [0.2, 0.25) is 0 Å². The molecular weight excluding hydrogens is 448 g/mol. The zero-order valence-electron chi connectivity index (χ0n) is 16.2. The molecule has 0 aliphatic carbocycles. The lowest BCUT2D eigenvalue weighted by atomic mass is 10.0. The molecule has 1 amide bonds. The molecule has 0 fully saturated rings. The van der Waals surface area contributed by atoms with Crippen molar-refractivity contribution in [2.45, 2.75) is 31.5 Å². The minimum Gasteiger partial charge on any atom is -0.479 e. The van der Waals surface area contributed by atoms with Gasteiger partial charge in [0.15, 0.2) is 6.10 Å². The topological polar surface area (TPSA) is 84.9 Å². The van der Waals surface area contributed by atoms with Gasteiger partial charge in [-0.15, -0.1) is 0 Å². The minimum atomic E-state index is -5.14. The van der Waals surface area contributed by atoms with Gasteiger partial charge in [0.1, 0.15) is 0 Å². The summed E-state index contributed by atoms with van der Waals surface area (Å²) in [5, 5.41) is 9.15. The highest BCUT2D eigenvalue weighted by Gasteiger charge is 2.37. The number of aliphatic carboxylic acids is 1. The molecule has 0 aliphatic rings. The molecule has 0 unspecified atom stereocenters. The Balaban J connectivity index is 2.01. The van der Waals surface area contributed by atoms with E-state index in [1.807, 2.05) is 0 Å². The first-order valence-corrected chi connectivity index (χ1v) is 8.98. The van der Waals surface area contributed by atoms with Crippen LogP contribution in [0.2, 0.25) is 0 Å². The zero-order chi connectivity index (χ0) is 23.9. The fourth-order valence-electron chi connectivity index (χ4n) is 2.46. The van der Waals surface area contributed by atoms with E-state index in [1.54, 1.807) is 35.8 Å². The molecular formula is C20H17F6NO5. The second-order valence-electron chi connectivity index (χ2n) is 6.50. The fraction of sp³-hybridized carbons (Fsp3) is 0.300. The van der Waals surface area contributed by atoms with E-state index < -0.39 is 47.0 Å². The van der Waals surface area contributed by atoms with Crippen LogP contribution in [0.25, 0.3) is 0 Å². The summed E-state index contributed by atoms with van der Waals surface area (Å²) in [7, 11) is 0. The molecule has 6 nitrogen and oxygen atoms in total. The summed E-state index contributed by atoms with van der Waals surface area (Å²) in [5.41, 5.74) is -1.98. The fourth-order valence-corrected chi connectivity index (χ4v) is 2.46. The number of hydroxylamine groups is 1. The van der Waals surface area contributed by atoms with Crippen LogP contribution in [-0.4, -0.2) is 29.7 Å². The van der Waals surface area contributed by atoms with Crippen molar-refractivity contribution in [3.05, 3.63) is 70.8 Å². The molecule has 0 spiro atoms. The number of hydrogen-bond acceptors (Lipinski definition) is 4. The first kappa shape index (κ1) is 25.1. The normalized spacial score (nSPS) is 12.9. The van der Waals surface area contributed by atoms with Gasteiger partial charge in [0.25, 0.3) is 5.91 Å². The van der Waals surface area contributed by atoms with Crippen LogP contribution < -0.4 is 5.48 Å². The monoisotopic (exact) mass is 465 g/mol. The van der Waals surface area contributed by atoms with E-state index in [0.29, 0.717) is 0 Å². The van der Waals surface area contributed by atoms with Crippen molar-refractivity contribution < 1.29 is 50.6 Å². The summed E-state index contributed by atoms with van der Waals surface area (Å²) in [6, 6.07) is 9.15. The molecule has 2 N–H and O–H groups in total. The Morgan fingerprint density at radius 3 is 2.00 bits per heavy atom. The Hall–Kier alpha value is -3.12. The summed E-state index contributed by atoms with van der Waals surface area (Å²) >= 11 is 0. The Bertz CT molecular complexity index is 898. The second kappa shape index (κ2) is 10.5. The number of rotatable bonds is 9. The van der Waals surface area contributed by atoms with Gasteiger partial charge in [-0.05, 0) is 23.8 Å². The lowest BCUT2D eigenvalue weighted by Crippen LogP contribution is -2.35. The number of alkyl halides is 6. The third kappa shape index (κ3) is 7.54. The maximum absolute atomic E-state index is 12.9. The van der Waals surface area contributed by atoms with Gasteiger partial charge >= 0.3 is 18.3 Å². The summed E-state index contributed by atoms with van der Waals surface area (Å²) < 4.78 is 82.7. The Kier molecular flexibility index (Phi) is 8.22. The first-order chi connectivity index (χ1) is 14.9. The van der Waals surface area contributed by atoms with Crippen LogP contribution in [0.15, 0.2) is 48.5 Å². The molecule has 2 aromatic rings.